The lowest BCUT2D eigenvalue weighted by molar-refractivity contribution is -0.138. The summed E-state index contributed by atoms with van der Waals surface area (Å²) in [6, 6.07) is 4.77. The molecule has 0 fully saturated rings. The molecule has 1 N–H and O–H groups in total. The van der Waals surface area contributed by atoms with Crippen LogP contribution in [0, 0.1) is 11.3 Å². The summed E-state index contributed by atoms with van der Waals surface area (Å²) in [7, 11) is 0. The number of alkyl carbamates (subject to hydrolysis) is 1. The molecule has 0 unspecified atom stereocenters. The molecule has 1 amide bonds. The molecular formula is C14H15F3N2O2. The van der Waals surface area contributed by atoms with E-state index in [4.69, 9.17) is 10.00 Å². The van der Waals surface area contributed by atoms with Crippen LogP contribution in [0.4, 0.5) is 18.0 Å². The second kappa shape index (κ2) is 6.04. The van der Waals surface area contributed by atoms with E-state index >= 15 is 0 Å². The Morgan fingerprint density at radius 3 is 2.43 bits per heavy atom. The number of hydrogen-bond donors (Lipinski definition) is 1. The fourth-order valence-corrected chi connectivity index (χ4v) is 1.57. The summed E-state index contributed by atoms with van der Waals surface area (Å²) in [6.07, 6.45) is -5.38. The molecular weight excluding hydrogens is 285 g/mol. The number of amides is 1. The normalized spacial score (nSPS) is 11.7. The largest absolute Gasteiger partial charge is 0.444 e. The minimum absolute atomic E-state index is 0.0870. The molecule has 4 nitrogen and oxygen atoms in total. The van der Waals surface area contributed by atoms with Crippen LogP contribution in [0.1, 0.15) is 37.5 Å². The topological polar surface area (TPSA) is 62.1 Å². The lowest BCUT2D eigenvalue weighted by Crippen LogP contribution is -2.32. The Hall–Kier alpha value is -2.23. The van der Waals surface area contributed by atoms with Crippen LogP contribution in [0.3, 0.4) is 0 Å². The van der Waals surface area contributed by atoms with E-state index in [1.807, 2.05) is 0 Å². The molecule has 0 heterocycles. The Morgan fingerprint density at radius 1 is 1.33 bits per heavy atom. The van der Waals surface area contributed by atoms with E-state index in [2.05, 4.69) is 5.32 Å². The number of alkyl halides is 3. The molecule has 0 saturated carbocycles. The maximum atomic E-state index is 12.9. The first-order valence-electron chi connectivity index (χ1n) is 6.10. The van der Waals surface area contributed by atoms with E-state index in [0.29, 0.717) is 0 Å². The van der Waals surface area contributed by atoms with Crippen molar-refractivity contribution in [1.29, 1.82) is 5.26 Å². The molecule has 0 aliphatic carbocycles. The molecule has 7 heteroatoms. The summed E-state index contributed by atoms with van der Waals surface area (Å²) < 4.78 is 43.5. The Kier molecular flexibility index (Phi) is 4.84. The van der Waals surface area contributed by atoms with E-state index in [9.17, 15) is 18.0 Å². The van der Waals surface area contributed by atoms with E-state index in [1.54, 1.807) is 26.8 Å². The number of rotatable bonds is 2. The second-order valence-electron chi connectivity index (χ2n) is 5.34. The highest BCUT2D eigenvalue weighted by Gasteiger charge is 2.33. The van der Waals surface area contributed by atoms with Crippen molar-refractivity contribution >= 4 is 6.09 Å². The van der Waals surface area contributed by atoms with Crippen molar-refractivity contribution in [3.05, 3.63) is 34.9 Å². The Balaban J connectivity index is 2.92. The number of halogens is 3. The Labute approximate surface area is 120 Å². The van der Waals surface area contributed by atoms with Crippen molar-refractivity contribution in [2.24, 2.45) is 0 Å². The zero-order chi connectivity index (χ0) is 16.3. The van der Waals surface area contributed by atoms with E-state index in [0.717, 1.165) is 18.2 Å². The number of nitriles is 1. The second-order valence-corrected chi connectivity index (χ2v) is 5.34. The zero-order valence-corrected chi connectivity index (χ0v) is 11.8. The molecule has 1 aromatic carbocycles. The lowest BCUT2D eigenvalue weighted by atomic mass is 10.0. The van der Waals surface area contributed by atoms with E-state index in [-0.39, 0.29) is 17.7 Å². The van der Waals surface area contributed by atoms with Crippen molar-refractivity contribution in [3.8, 4) is 6.07 Å². The van der Waals surface area contributed by atoms with Gasteiger partial charge in [0.25, 0.3) is 0 Å². The maximum absolute atomic E-state index is 12.9. The van der Waals surface area contributed by atoms with Gasteiger partial charge in [0, 0.05) is 6.54 Å². The molecule has 0 saturated heterocycles. The molecule has 1 aromatic rings. The van der Waals surface area contributed by atoms with Crippen LogP contribution in [-0.2, 0) is 17.5 Å². The van der Waals surface area contributed by atoms with Gasteiger partial charge in [-0.05, 0) is 44.5 Å². The van der Waals surface area contributed by atoms with Gasteiger partial charge in [-0.2, -0.15) is 18.4 Å². The van der Waals surface area contributed by atoms with E-state index in [1.165, 1.54) is 0 Å². The van der Waals surface area contributed by atoms with Gasteiger partial charge in [0.05, 0.1) is 17.2 Å². The van der Waals surface area contributed by atoms with Crippen LogP contribution < -0.4 is 5.32 Å². The van der Waals surface area contributed by atoms with Crippen LogP contribution in [0.5, 0.6) is 0 Å². The Bertz CT molecular complexity index is 569. The predicted molar refractivity (Wildman–Crippen MR) is 69.2 cm³/mol. The van der Waals surface area contributed by atoms with Crippen molar-refractivity contribution in [2.75, 3.05) is 0 Å². The number of carbonyl (C=O) groups is 1. The van der Waals surface area contributed by atoms with Gasteiger partial charge in [0.1, 0.15) is 5.60 Å². The summed E-state index contributed by atoms with van der Waals surface area (Å²) in [5.74, 6) is 0. The SMILES string of the molecule is CC(C)(C)OC(=O)NCc1cc(C#N)ccc1C(F)(F)F. The van der Waals surface area contributed by atoms with Gasteiger partial charge in [0.2, 0.25) is 0 Å². The van der Waals surface area contributed by atoms with Crippen LogP contribution >= 0.6 is 0 Å². The van der Waals surface area contributed by atoms with Crippen LogP contribution in [0.2, 0.25) is 0 Å². The monoisotopic (exact) mass is 300 g/mol. The molecule has 0 spiro atoms. The van der Waals surface area contributed by atoms with Crippen molar-refractivity contribution in [3.63, 3.8) is 0 Å². The molecule has 0 bridgehead atoms. The number of ether oxygens (including phenoxy) is 1. The summed E-state index contributed by atoms with van der Waals surface area (Å²) in [5.41, 5.74) is -1.74. The minimum Gasteiger partial charge on any atom is -0.444 e. The molecule has 0 aliphatic rings. The number of nitrogens with zero attached hydrogens (tertiary/aromatic N) is 1. The number of nitrogens with one attached hydrogen (secondary N) is 1. The highest BCUT2D eigenvalue weighted by atomic mass is 19.4. The third kappa shape index (κ3) is 5.34. The Morgan fingerprint density at radius 2 is 1.95 bits per heavy atom. The van der Waals surface area contributed by atoms with Crippen LogP contribution in [0.25, 0.3) is 0 Å². The van der Waals surface area contributed by atoms with E-state index < -0.39 is 23.4 Å². The fraction of sp³-hybridized carbons (Fsp3) is 0.429. The van der Waals surface area contributed by atoms with Gasteiger partial charge >= 0.3 is 12.3 Å². The first kappa shape index (κ1) is 16.8. The molecule has 0 radical (unpaired) electrons. The van der Waals surface area contributed by atoms with Gasteiger partial charge in [-0.1, -0.05) is 0 Å². The highest BCUT2D eigenvalue weighted by molar-refractivity contribution is 5.67. The quantitative estimate of drug-likeness (QED) is 0.907. The average Bonchev–Trinajstić information content (AvgIpc) is 2.32. The molecule has 0 aliphatic heterocycles. The lowest BCUT2D eigenvalue weighted by Gasteiger charge is -2.20. The van der Waals surface area contributed by atoms with Crippen molar-refractivity contribution in [1.82, 2.24) is 5.32 Å². The predicted octanol–water partition coefficient (Wildman–Crippen LogP) is 3.60. The summed E-state index contributed by atoms with van der Waals surface area (Å²) in [6.45, 7) is 4.55. The van der Waals surface area contributed by atoms with Gasteiger partial charge in [-0.15, -0.1) is 0 Å². The summed E-state index contributed by atoms with van der Waals surface area (Å²) in [5, 5.41) is 11.0. The standard InChI is InChI=1S/C14H15F3N2O2/c1-13(2,3)21-12(20)19-8-10-6-9(7-18)4-5-11(10)14(15,16)17/h4-6H,8H2,1-3H3,(H,19,20). The zero-order valence-electron chi connectivity index (χ0n) is 11.8. The third-order valence-electron chi connectivity index (χ3n) is 2.36. The smallest absolute Gasteiger partial charge is 0.416 e. The highest BCUT2D eigenvalue weighted by Crippen LogP contribution is 2.32. The number of benzene rings is 1. The van der Waals surface area contributed by atoms with Gasteiger partial charge < -0.3 is 10.1 Å². The van der Waals surface area contributed by atoms with Gasteiger partial charge in [0.15, 0.2) is 0 Å². The maximum Gasteiger partial charge on any atom is 0.416 e. The first-order chi connectivity index (χ1) is 9.53. The molecule has 0 aromatic heterocycles. The van der Waals surface area contributed by atoms with Crippen molar-refractivity contribution in [2.45, 2.75) is 39.1 Å². The van der Waals surface area contributed by atoms with Crippen LogP contribution in [-0.4, -0.2) is 11.7 Å². The molecule has 21 heavy (non-hydrogen) atoms. The molecule has 114 valence electrons. The van der Waals surface area contributed by atoms with Crippen LogP contribution in [0.15, 0.2) is 18.2 Å². The fourth-order valence-electron chi connectivity index (χ4n) is 1.57. The average molecular weight is 300 g/mol. The summed E-state index contributed by atoms with van der Waals surface area (Å²) in [4.78, 5) is 11.5. The number of hydrogen-bond acceptors (Lipinski definition) is 3. The first-order valence-corrected chi connectivity index (χ1v) is 6.10. The number of carbonyl (C=O) groups excluding carboxylic acids is 1. The van der Waals surface area contributed by atoms with Gasteiger partial charge in [-0.25, -0.2) is 4.79 Å². The van der Waals surface area contributed by atoms with Crippen molar-refractivity contribution < 1.29 is 22.7 Å². The molecule has 1 rings (SSSR count). The molecule has 0 atom stereocenters. The summed E-state index contributed by atoms with van der Waals surface area (Å²) >= 11 is 0. The van der Waals surface area contributed by atoms with Gasteiger partial charge in [-0.3, -0.25) is 0 Å². The minimum atomic E-state index is -4.56. The third-order valence-corrected chi connectivity index (χ3v) is 2.36.